The third kappa shape index (κ3) is 4.01. The second-order valence-corrected chi connectivity index (χ2v) is 7.84. The van der Waals surface area contributed by atoms with Gasteiger partial charge in [-0.05, 0) is 48.0 Å². The van der Waals surface area contributed by atoms with Crippen LogP contribution in [0.2, 0.25) is 0 Å². The number of nitrogens with zero attached hydrogens (tertiary/aromatic N) is 4. The molecular formula is C22H15F3N4O2S. The van der Waals surface area contributed by atoms with Gasteiger partial charge in [-0.2, -0.15) is 13.2 Å². The van der Waals surface area contributed by atoms with Crippen LogP contribution in [0.15, 0.2) is 72.1 Å². The smallest absolute Gasteiger partial charge is 0.416 e. The van der Waals surface area contributed by atoms with Crippen LogP contribution in [0.4, 0.5) is 13.2 Å². The first kappa shape index (κ1) is 20.4. The second-order valence-electron chi connectivity index (χ2n) is 6.90. The predicted molar refractivity (Wildman–Crippen MR) is 112 cm³/mol. The summed E-state index contributed by atoms with van der Waals surface area (Å²) in [5.41, 5.74) is 1.24. The van der Waals surface area contributed by atoms with Gasteiger partial charge in [-0.15, -0.1) is 10.2 Å². The summed E-state index contributed by atoms with van der Waals surface area (Å²) in [4.78, 5) is 4.00. The van der Waals surface area contributed by atoms with Gasteiger partial charge in [0.25, 0.3) is 0 Å². The molecule has 5 rings (SSSR count). The van der Waals surface area contributed by atoms with Crippen LogP contribution in [0.3, 0.4) is 0 Å². The Balaban J connectivity index is 1.53. The average molecular weight is 456 g/mol. The standard InChI is InChI=1S/C22H15F3N4O2S/c23-22(24,25)16-2-1-3-17(11-16)29-20(15-6-8-26-9-7-15)27-28-21(29)32-12-14-4-5-18-19(10-14)31-13-30-18/h1-11H,12-13H2. The molecule has 6 nitrogen and oxygen atoms in total. The monoisotopic (exact) mass is 456 g/mol. The van der Waals surface area contributed by atoms with E-state index in [2.05, 4.69) is 15.2 Å². The number of ether oxygens (including phenoxy) is 2. The van der Waals surface area contributed by atoms with E-state index in [0.717, 1.165) is 17.7 Å². The zero-order valence-electron chi connectivity index (χ0n) is 16.4. The number of alkyl halides is 3. The molecule has 0 aliphatic carbocycles. The number of hydrogen-bond donors (Lipinski definition) is 0. The fourth-order valence-electron chi connectivity index (χ4n) is 3.28. The summed E-state index contributed by atoms with van der Waals surface area (Å²) in [5.74, 6) is 2.30. The quantitative estimate of drug-likeness (QED) is 0.377. The second kappa shape index (κ2) is 8.19. The maximum atomic E-state index is 13.3. The number of pyridine rings is 1. The molecule has 0 atom stereocenters. The summed E-state index contributed by atoms with van der Waals surface area (Å²) in [7, 11) is 0. The van der Waals surface area contributed by atoms with Crippen LogP contribution in [0.1, 0.15) is 11.1 Å². The zero-order chi connectivity index (χ0) is 22.1. The summed E-state index contributed by atoms with van der Waals surface area (Å²) in [5, 5.41) is 9.00. The van der Waals surface area contributed by atoms with E-state index in [1.54, 1.807) is 35.2 Å². The molecule has 2 aromatic carbocycles. The Hall–Kier alpha value is -3.53. The Morgan fingerprint density at radius 3 is 2.56 bits per heavy atom. The van der Waals surface area contributed by atoms with E-state index >= 15 is 0 Å². The first-order valence-electron chi connectivity index (χ1n) is 9.54. The van der Waals surface area contributed by atoms with Crippen LogP contribution in [0.5, 0.6) is 11.5 Å². The van der Waals surface area contributed by atoms with Gasteiger partial charge in [-0.3, -0.25) is 9.55 Å². The first-order valence-corrected chi connectivity index (χ1v) is 10.5. The van der Waals surface area contributed by atoms with Crippen molar-refractivity contribution in [2.75, 3.05) is 6.79 Å². The predicted octanol–water partition coefficient (Wildman–Crippen LogP) is 5.37. The number of rotatable bonds is 5. The Morgan fingerprint density at radius 1 is 0.938 bits per heavy atom. The largest absolute Gasteiger partial charge is 0.454 e. The first-order chi connectivity index (χ1) is 15.5. The number of fused-ring (bicyclic) bond motifs is 1. The summed E-state index contributed by atoms with van der Waals surface area (Å²) >= 11 is 1.37. The summed E-state index contributed by atoms with van der Waals surface area (Å²) in [6.07, 6.45) is -1.26. The maximum Gasteiger partial charge on any atom is 0.416 e. The van der Waals surface area contributed by atoms with E-state index in [1.807, 2.05) is 18.2 Å². The minimum atomic E-state index is -4.46. The van der Waals surface area contributed by atoms with Gasteiger partial charge < -0.3 is 9.47 Å². The zero-order valence-corrected chi connectivity index (χ0v) is 17.2. The van der Waals surface area contributed by atoms with Crippen LogP contribution >= 0.6 is 11.8 Å². The Morgan fingerprint density at radius 2 is 1.75 bits per heavy atom. The summed E-state index contributed by atoms with van der Waals surface area (Å²) < 4.78 is 52.4. The Kier molecular flexibility index (Phi) is 5.22. The van der Waals surface area contributed by atoms with E-state index in [1.165, 1.54) is 17.8 Å². The van der Waals surface area contributed by atoms with Gasteiger partial charge in [0.15, 0.2) is 22.5 Å². The molecule has 0 radical (unpaired) electrons. The highest BCUT2D eigenvalue weighted by Gasteiger charge is 2.31. The molecule has 0 saturated heterocycles. The van der Waals surface area contributed by atoms with Crippen molar-refractivity contribution in [3.8, 4) is 28.6 Å². The minimum absolute atomic E-state index is 0.186. The fraction of sp³-hybridized carbons (Fsp3) is 0.136. The molecule has 1 aliphatic heterocycles. The Labute approximate surface area is 185 Å². The fourth-order valence-corrected chi connectivity index (χ4v) is 4.18. The molecule has 4 aromatic rings. The molecule has 32 heavy (non-hydrogen) atoms. The van der Waals surface area contributed by atoms with Crippen molar-refractivity contribution in [1.82, 2.24) is 19.7 Å². The molecule has 1 aliphatic rings. The molecule has 0 bridgehead atoms. The van der Waals surface area contributed by atoms with Crippen LogP contribution in [-0.4, -0.2) is 26.5 Å². The summed E-state index contributed by atoms with van der Waals surface area (Å²) in [6.45, 7) is 0.186. The number of hydrogen-bond acceptors (Lipinski definition) is 6. The lowest BCUT2D eigenvalue weighted by molar-refractivity contribution is -0.137. The van der Waals surface area contributed by atoms with Gasteiger partial charge in [0, 0.05) is 23.7 Å². The van der Waals surface area contributed by atoms with Crippen LogP contribution < -0.4 is 9.47 Å². The lowest BCUT2D eigenvalue weighted by Crippen LogP contribution is -2.07. The highest BCUT2D eigenvalue weighted by Crippen LogP contribution is 2.36. The number of halogens is 3. The van der Waals surface area contributed by atoms with Crippen molar-refractivity contribution in [3.63, 3.8) is 0 Å². The van der Waals surface area contributed by atoms with Crippen LogP contribution in [0, 0.1) is 0 Å². The maximum absolute atomic E-state index is 13.3. The number of thioether (sulfide) groups is 1. The minimum Gasteiger partial charge on any atom is -0.454 e. The van der Waals surface area contributed by atoms with E-state index in [-0.39, 0.29) is 6.79 Å². The highest BCUT2D eigenvalue weighted by molar-refractivity contribution is 7.98. The van der Waals surface area contributed by atoms with Crippen molar-refractivity contribution in [2.45, 2.75) is 17.1 Å². The van der Waals surface area contributed by atoms with Gasteiger partial charge in [-0.1, -0.05) is 23.9 Å². The molecule has 10 heteroatoms. The normalized spacial score (nSPS) is 12.8. The van der Waals surface area contributed by atoms with Gasteiger partial charge in [0.05, 0.1) is 11.3 Å². The topological polar surface area (TPSA) is 62.1 Å². The van der Waals surface area contributed by atoms with Crippen molar-refractivity contribution in [3.05, 3.63) is 78.1 Å². The van der Waals surface area contributed by atoms with Gasteiger partial charge >= 0.3 is 6.18 Å². The molecule has 0 saturated carbocycles. The Bertz CT molecular complexity index is 1260. The molecule has 0 unspecified atom stereocenters. The van der Waals surface area contributed by atoms with Crippen molar-refractivity contribution in [2.24, 2.45) is 0 Å². The SMILES string of the molecule is FC(F)(F)c1cccc(-n2c(SCc3ccc4c(c3)OCO4)nnc2-c2ccncc2)c1. The molecule has 0 spiro atoms. The number of aromatic nitrogens is 4. The van der Waals surface area contributed by atoms with E-state index in [4.69, 9.17) is 9.47 Å². The molecule has 162 valence electrons. The van der Waals surface area contributed by atoms with Crippen molar-refractivity contribution < 1.29 is 22.6 Å². The third-order valence-corrected chi connectivity index (χ3v) is 5.81. The lowest BCUT2D eigenvalue weighted by Gasteiger charge is -2.13. The average Bonchev–Trinajstić information content (AvgIpc) is 3.44. The van der Waals surface area contributed by atoms with E-state index in [0.29, 0.717) is 39.5 Å². The van der Waals surface area contributed by atoms with E-state index < -0.39 is 11.7 Å². The van der Waals surface area contributed by atoms with Crippen molar-refractivity contribution >= 4 is 11.8 Å². The van der Waals surface area contributed by atoms with Gasteiger partial charge in [0.1, 0.15) is 0 Å². The molecule has 0 fully saturated rings. The van der Waals surface area contributed by atoms with Gasteiger partial charge in [0.2, 0.25) is 6.79 Å². The van der Waals surface area contributed by atoms with Crippen LogP contribution in [0.25, 0.3) is 17.1 Å². The summed E-state index contributed by atoms with van der Waals surface area (Å²) in [6, 6.07) is 14.2. The molecular weight excluding hydrogens is 441 g/mol. The molecule has 2 aromatic heterocycles. The van der Waals surface area contributed by atoms with Crippen LogP contribution in [-0.2, 0) is 11.9 Å². The lowest BCUT2D eigenvalue weighted by atomic mass is 10.2. The molecule has 3 heterocycles. The molecule has 0 N–H and O–H groups in total. The van der Waals surface area contributed by atoms with Gasteiger partial charge in [-0.25, -0.2) is 0 Å². The van der Waals surface area contributed by atoms with E-state index in [9.17, 15) is 13.2 Å². The van der Waals surface area contributed by atoms with Crippen molar-refractivity contribution in [1.29, 1.82) is 0 Å². The molecule has 0 amide bonds. The third-order valence-electron chi connectivity index (χ3n) is 4.81. The number of benzene rings is 2. The highest BCUT2D eigenvalue weighted by atomic mass is 32.2.